The summed E-state index contributed by atoms with van der Waals surface area (Å²) >= 11 is 0. The van der Waals surface area contributed by atoms with Gasteiger partial charge in [-0.15, -0.1) is 0 Å². The summed E-state index contributed by atoms with van der Waals surface area (Å²) in [4.78, 5) is 40.3. The molecule has 0 radical (unpaired) electrons. The lowest BCUT2D eigenvalue weighted by Crippen LogP contribution is -2.56. The standard InChI is InChI=1S/C20H26N4O3/c1-20(2)12-23(8-7-21-20)10-13-3-4-15-14(9-13)11-24(19(15)27)16-5-6-17(25)22-18(16)26/h3-4,9,16,21H,5-8,10-12H2,1-2H3,(H,22,25,26). The summed E-state index contributed by atoms with van der Waals surface area (Å²) in [6.07, 6.45) is 0.674. The number of piperazine rings is 1. The first-order valence-corrected chi connectivity index (χ1v) is 9.56. The molecule has 3 aliphatic heterocycles. The number of carbonyl (C=O) groups excluding carboxylic acids is 3. The number of benzene rings is 1. The van der Waals surface area contributed by atoms with Crippen LogP contribution in [0.5, 0.6) is 0 Å². The van der Waals surface area contributed by atoms with Crippen molar-refractivity contribution in [3.8, 4) is 0 Å². The normalized spacial score (nSPS) is 25.5. The third kappa shape index (κ3) is 3.61. The highest BCUT2D eigenvalue weighted by atomic mass is 16.2. The molecule has 3 amide bonds. The predicted molar refractivity (Wildman–Crippen MR) is 99.8 cm³/mol. The Balaban J connectivity index is 1.48. The van der Waals surface area contributed by atoms with Crippen LogP contribution in [0.1, 0.15) is 48.2 Å². The van der Waals surface area contributed by atoms with E-state index in [1.54, 1.807) is 4.90 Å². The SMILES string of the molecule is CC1(C)CN(Cc2ccc3c(c2)CN(C2CCC(=O)NC2=O)C3=O)CCN1. The smallest absolute Gasteiger partial charge is 0.255 e. The van der Waals surface area contributed by atoms with E-state index in [9.17, 15) is 14.4 Å². The van der Waals surface area contributed by atoms with Gasteiger partial charge in [-0.1, -0.05) is 12.1 Å². The fourth-order valence-electron chi connectivity index (χ4n) is 4.37. The molecule has 1 aromatic carbocycles. The van der Waals surface area contributed by atoms with E-state index in [1.807, 2.05) is 12.1 Å². The van der Waals surface area contributed by atoms with Crippen LogP contribution in [0.2, 0.25) is 0 Å². The van der Waals surface area contributed by atoms with Crippen LogP contribution in [0.25, 0.3) is 0 Å². The van der Waals surface area contributed by atoms with Crippen LogP contribution in [0.15, 0.2) is 18.2 Å². The van der Waals surface area contributed by atoms with Gasteiger partial charge in [0.15, 0.2) is 0 Å². The maximum Gasteiger partial charge on any atom is 0.255 e. The molecule has 0 aromatic heterocycles. The summed E-state index contributed by atoms with van der Waals surface area (Å²) in [5.41, 5.74) is 2.93. The second-order valence-electron chi connectivity index (χ2n) is 8.41. The molecule has 2 N–H and O–H groups in total. The monoisotopic (exact) mass is 370 g/mol. The van der Waals surface area contributed by atoms with Crippen LogP contribution < -0.4 is 10.6 Å². The van der Waals surface area contributed by atoms with Gasteiger partial charge in [-0.3, -0.25) is 24.6 Å². The highest BCUT2D eigenvalue weighted by Gasteiger charge is 2.39. The zero-order chi connectivity index (χ0) is 19.2. The van der Waals surface area contributed by atoms with Crippen LogP contribution in [0.3, 0.4) is 0 Å². The molecule has 0 saturated carbocycles. The van der Waals surface area contributed by atoms with Crippen molar-refractivity contribution in [3.63, 3.8) is 0 Å². The van der Waals surface area contributed by atoms with E-state index in [4.69, 9.17) is 0 Å². The van der Waals surface area contributed by atoms with Gasteiger partial charge in [-0.25, -0.2) is 0 Å². The molecule has 3 aliphatic rings. The highest BCUT2D eigenvalue weighted by molar-refractivity contribution is 6.05. The average molecular weight is 370 g/mol. The number of hydrogen-bond acceptors (Lipinski definition) is 5. The van der Waals surface area contributed by atoms with Gasteiger partial charge in [0.25, 0.3) is 5.91 Å². The van der Waals surface area contributed by atoms with Crippen LogP contribution in [-0.2, 0) is 22.7 Å². The Hall–Kier alpha value is -2.25. The molecule has 0 bridgehead atoms. The number of rotatable bonds is 3. The number of amides is 3. The number of fused-ring (bicyclic) bond motifs is 1. The summed E-state index contributed by atoms with van der Waals surface area (Å²) in [5, 5.41) is 5.86. The molecule has 2 fully saturated rings. The van der Waals surface area contributed by atoms with Crippen LogP contribution in [-0.4, -0.2) is 58.7 Å². The van der Waals surface area contributed by atoms with Gasteiger partial charge in [0, 0.05) is 50.2 Å². The van der Waals surface area contributed by atoms with Gasteiger partial charge in [-0.2, -0.15) is 0 Å². The molecular weight excluding hydrogens is 344 g/mol. The van der Waals surface area contributed by atoms with Crippen molar-refractivity contribution >= 4 is 17.7 Å². The van der Waals surface area contributed by atoms with Gasteiger partial charge in [-0.05, 0) is 37.5 Å². The van der Waals surface area contributed by atoms with E-state index < -0.39 is 6.04 Å². The molecule has 0 aliphatic carbocycles. The van der Waals surface area contributed by atoms with Crippen LogP contribution >= 0.6 is 0 Å². The van der Waals surface area contributed by atoms with E-state index in [0.717, 1.165) is 31.7 Å². The molecular formula is C20H26N4O3. The fraction of sp³-hybridized carbons (Fsp3) is 0.550. The lowest BCUT2D eigenvalue weighted by molar-refractivity contribution is -0.136. The maximum absolute atomic E-state index is 12.8. The minimum absolute atomic E-state index is 0.105. The van der Waals surface area contributed by atoms with Crippen molar-refractivity contribution in [2.45, 2.75) is 51.4 Å². The van der Waals surface area contributed by atoms with E-state index in [1.165, 1.54) is 5.56 Å². The number of nitrogens with one attached hydrogen (secondary N) is 2. The molecule has 3 heterocycles. The topological polar surface area (TPSA) is 81.8 Å². The van der Waals surface area contributed by atoms with Gasteiger partial charge in [0.05, 0.1) is 0 Å². The Labute approximate surface area is 159 Å². The van der Waals surface area contributed by atoms with Crippen molar-refractivity contribution in [3.05, 3.63) is 34.9 Å². The Bertz CT molecular complexity index is 804. The van der Waals surface area contributed by atoms with E-state index >= 15 is 0 Å². The Morgan fingerprint density at radius 3 is 2.78 bits per heavy atom. The zero-order valence-corrected chi connectivity index (χ0v) is 15.9. The van der Waals surface area contributed by atoms with E-state index in [2.05, 4.69) is 35.4 Å². The maximum atomic E-state index is 12.8. The van der Waals surface area contributed by atoms with Crippen LogP contribution in [0.4, 0.5) is 0 Å². The number of hydrogen-bond donors (Lipinski definition) is 2. The molecule has 1 unspecified atom stereocenters. The summed E-state index contributed by atoms with van der Waals surface area (Å²) < 4.78 is 0. The summed E-state index contributed by atoms with van der Waals surface area (Å²) in [5.74, 6) is -0.744. The summed E-state index contributed by atoms with van der Waals surface area (Å²) in [6.45, 7) is 8.65. The van der Waals surface area contributed by atoms with Crippen molar-refractivity contribution in [2.24, 2.45) is 0 Å². The molecule has 27 heavy (non-hydrogen) atoms. The van der Waals surface area contributed by atoms with Crippen molar-refractivity contribution in [1.29, 1.82) is 0 Å². The Morgan fingerprint density at radius 1 is 1.22 bits per heavy atom. The fourth-order valence-corrected chi connectivity index (χ4v) is 4.37. The summed E-state index contributed by atoms with van der Waals surface area (Å²) in [6, 6.07) is 5.43. The first-order valence-electron chi connectivity index (χ1n) is 9.56. The number of carbonyl (C=O) groups is 3. The third-order valence-corrected chi connectivity index (χ3v) is 5.64. The van der Waals surface area contributed by atoms with Crippen molar-refractivity contribution in [2.75, 3.05) is 19.6 Å². The van der Waals surface area contributed by atoms with Crippen LogP contribution in [0, 0.1) is 0 Å². The van der Waals surface area contributed by atoms with E-state index in [-0.39, 0.29) is 29.7 Å². The molecule has 1 aromatic rings. The molecule has 0 spiro atoms. The van der Waals surface area contributed by atoms with E-state index in [0.29, 0.717) is 18.5 Å². The predicted octanol–water partition coefficient (Wildman–Crippen LogP) is 0.631. The zero-order valence-electron chi connectivity index (χ0n) is 15.9. The van der Waals surface area contributed by atoms with Crippen molar-refractivity contribution < 1.29 is 14.4 Å². The Kier molecular flexibility index (Phi) is 4.52. The molecule has 7 nitrogen and oxygen atoms in total. The minimum atomic E-state index is -0.556. The van der Waals surface area contributed by atoms with Crippen molar-refractivity contribution in [1.82, 2.24) is 20.4 Å². The first-order chi connectivity index (χ1) is 12.8. The second kappa shape index (κ2) is 6.73. The molecule has 1 atom stereocenters. The average Bonchev–Trinajstić information content (AvgIpc) is 2.90. The lowest BCUT2D eigenvalue weighted by Gasteiger charge is -2.39. The minimum Gasteiger partial charge on any atom is -0.322 e. The molecule has 7 heteroatoms. The first kappa shape index (κ1) is 18.1. The lowest BCUT2D eigenvalue weighted by atomic mass is 10.0. The summed E-state index contributed by atoms with van der Waals surface area (Å²) in [7, 11) is 0. The number of nitrogens with zero attached hydrogens (tertiary/aromatic N) is 2. The number of imide groups is 1. The highest BCUT2D eigenvalue weighted by Crippen LogP contribution is 2.28. The molecule has 144 valence electrons. The van der Waals surface area contributed by atoms with Gasteiger partial charge in [0.2, 0.25) is 11.8 Å². The van der Waals surface area contributed by atoms with Gasteiger partial charge < -0.3 is 10.2 Å². The molecule has 4 rings (SSSR count). The van der Waals surface area contributed by atoms with Gasteiger partial charge in [0.1, 0.15) is 6.04 Å². The molecule has 2 saturated heterocycles. The quantitative estimate of drug-likeness (QED) is 0.763. The Morgan fingerprint density at radius 2 is 2.04 bits per heavy atom. The second-order valence-corrected chi connectivity index (χ2v) is 8.41. The largest absolute Gasteiger partial charge is 0.322 e. The third-order valence-electron chi connectivity index (χ3n) is 5.64. The number of piperidine rings is 1. The van der Waals surface area contributed by atoms with Gasteiger partial charge >= 0.3 is 0 Å².